The molecule has 0 spiro atoms. The minimum Gasteiger partial charge on any atom is -0.459 e. The third kappa shape index (κ3) is 5.60. The van der Waals surface area contributed by atoms with Crippen LogP contribution in [0.25, 0.3) is 0 Å². The first-order chi connectivity index (χ1) is 14.8. The molecule has 0 saturated heterocycles. The number of rotatable bonds is 7. The molecule has 0 unspecified atom stereocenters. The van der Waals surface area contributed by atoms with Crippen LogP contribution < -0.4 is 16.0 Å². The maximum Gasteiger partial charge on any atom is 0.291 e. The van der Waals surface area contributed by atoms with E-state index in [2.05, 4.69) is 16.0 Å². The summed E-state index contributed by atoms with van der Waals surface area (Å²) in [6.45, 7) is 5.58. The van der Waals surface area contributed by atoms with Crippen LogP contribution in [0.1, 0.15) is 40.3 Å². The normalized spacial score (nSPS) is 11.6. The molecule has 7 heteroatoms. The minimum absolute atomic E-state index is 0.130. The predicted molar refractivity (Wildman–Crippen MR) is 119 cm³/mol. The number of carbonyl (C=O) groups is 3. The molecule has 3 rings (SSSR count). The Morgan fingerprint density at radius 1 is 0.839 bits per heavy atom. The first kappa shape index (κ1) is 21.8. The molecule has 0 radical (unpaired) electrons. The number of furan rings is 1. The van der Waals surface area contributed by atoms with Gasteiger partial charge in [0.2, 0.25) is 5.91 Å². The molecule has 3 N–H and O–H groups in total. The maximum atomic E-state index is 12.9. The molecule has 31 heavy (non-hydrogen) atoms. The van der Waals surface area contributed by atoms with Crippen molar-refractivity contribution in [1.29, 1.82) is 0 Å². The Morgan fingerprint density at radius 2 is 1.55 bits per heavy atom. The Balaban J connectivity index is 1.69. The molecule has 3 amide bonds. The first-order valence-corrected chi connectivity index (χ1v) is 9.97. The van der Waals surface area contributed by atoms with Crippen molar-refractivity contribution in [3.05, 3.63) is 83.8 Å². The Bertz CT molecular complexity index is 1070. The highest BCUT2D eigenvalue weighted by atomic mass is 16.3. The highest BCUT2D eigenvalue weighted by Crippen LogP contribution is 2.18. The second-order valence-corrected chi connectivity index (χ2v) is 7.51. The Morgan fingerprint density at radius 3 is 2.19 bits per heavy atom. The van der Waals surface area contributed by atoms with E-state index in [4.69, 9.17) is 4.42 Å². The van der Waals surface area contributed by atoms with Crippen molar-refractivity contribution in [2.45, 2.75) is 26.8 Å². The van der Waals surface area contributed by atoms with Gasteiger partial charge in [-0.05, 0) is 54.8 Å². The van der Waals surface area contributed by atoms with Gasteiger partial charge in [-0.2, -0.15) is 0 Å². The summed E-state index contributed by atoms with van der Waals surface area (Å²) in [5, 5.41) is 8.36. The maximum absolute atomic E-state index is 12.9. The van der Waals surface area contributed by atoms with Crippen LogP contribution in [0, 0.1) is 12.8 Å². The van der Waals surface area contributed by atoms with Crippen molar-refractivity contribution in [3.63, 3.8) is 0 Å². The van der Waals surface area contributed by atoms with Crippen molar-refractivity contribution in [3.8, 4) is 0 Å². The fraction of sp³-hybridized carbons (Fsp3) is 0.208. The van der Waals surface area contributed by atoms with Crippen LogP contribution >= 0.6 is 0 Å². The van der Waals surface area contributed by atoms with E-state index in [0.29, 0.717) is 16.9 Å². The summed E-state index contributed by atoms with van der Waals surface area (Å²) >= 11 is 0. The van der Waals surface area contributed by atoms with Crippen LogP contribution in [0.15, 0.2) is 71.3 Å². The minimum atomic E-state index is -0.728. The van der Waals surface area contributed by atoms with Gasteiger partial charge in [-0.1, -0.05) is 38.1 Å². The third-order valence-corrected chi connectivity index (χ3v) is 4.76. The summed E-state index contributed by atoms with van der Waals surface area (Å²) < 4.78 is 5.08. The SMILES string of the molecule is Cc1ccccc1C(=O)N[C@@H](C(=O)Nc1cccc(NC(=O)c2ccco2)c1)C(C)C. The van der Waals surface area contributed by atoms with Gasteiger partial charge in [0.15, 0.2) is 5.76 Å². The lowest BCUT2D eigenvalue weighted by molar-refractivity contribution is -0.118. The average molecular weight is 419 g/mol. The van der Waals surface area contributed by atoms with E-state index in [-0.39, 0.29) is 29.4 Å². The van der Waals surface area contributed by atoms with Crippen molar-refractivity contribution in [2.75, 3.05) is 10.6 Å². The monoisotopic (exact) mass is 419 g/mol. The molecule has 0 fully saturated rings. The number of hydrogen-bond acceptors (Lipinski definition) is 4. The molecule has 0 aliphatic carbocycles. The molecule has 1 atom stereocenters. The summed E-state index contributed by atoms with van der Waals surface area (Å²) in [6, 6.07) is 16.4. The van der Waals surface area contributed by atoms with E-state index in [0.717, 1.165) is 5.56 Å². The van der Waals surface area contributed by atoms with Gasteiger partial charge in [-0.15, -0.1) is 0 Å². The molecular weight excluding hydrogens is 394 g/mol. The Labute approximate surface area is 180 Å². The molecule has 0 saturated carbocycles. The summed E-state index contributed by atoms with van der Waals surface area (Å²) in [5.74, 6) is -0.972. The number of aryl methyl sites for hydroxylation is 1. The van der Waals surface area contributed by atoms with Gasteiger partial charge in [-0.3, -0.25) is 14.4 Å². The van der Waals surface area contributed by atoms with Gasteiger partial charge >= 0.3 is 0 Å². The van der Waals surface area contributed by atoms with E-state index in [9.17, 15) is 14.4 Å². The topological polar surface area (TPSA) is 100 Å². The van der Waals surface area contributed by atoms with Gasteiger partial charge in [-0.25, -0.2) is 0 Å². The zero-order valence-electron chi connectivity index (χ0n) is 17.6. The lowest BCUT2D eigenvalue weighted by atomic mass is 10.0. The molecule has 3 aromatic rings. The van der Waals surface area contributed by atoms with E-state index >= 15 is 0 Å². The van der Waals surface area contributed by atoms with Gasteiger partial charge in [0.1, 0.15) is 6.04 Å². The van der Waals surface area contributed by atoms with Crippen molar-refractivity contribution >= 4 is 29.1 Å². The number of hydrogen-bond donors (Lipinski definition) is 3. The van der Waals surface area contributed by atoms with Gasteiger partial charge in [0, 0.05) is 16.9 Å². The van der Waals surface area contributed by atoms with E-state index in [1.54, 1.807) is 48.5 Å². The van der Waals surface area contributed by atoms with E-state index < -0.39 is 6.04 Å². The van der Waals surface area contributed by atoms with Crippen LogP contribution in [0.5, 0.6) is 0 Å². The van der Waals surface area contributed by atoms with Crippen molar-refractivity contribution in [2.24, 2.45) is 5.92 Å². The average Bonchev–Trinajstić information content (AvgIpc) is 3.27. The lowest BCUT2D eigenvalue weighted by Gasteiger charge is -2.22. The van der Waals surface area contributed by atoms with E-state index in [1.165, 1.54) is 6.26 Å². The van der Waals surface area contributed by atoms with Crippen LogP contribution in [-0.4, -0.2) is 23.8 Å². The molecule has 7 nitrogen and oxygen atoms in total. The standard InChI is InChI=1S/C24H25N3O4/c1-15(2)21(27-22(28)19-11-5-4-8-16(19)3)24(30)26-18-10-6-9-17(14-18)25-23(29)20-12-7-13-31-20/h4-15,21H,1-3H3,(H,25,29)(H,26,30)(H,27,28)/t21-/m1/s1. The largest absolute Gasteiger partial charge is 0.459 e. The molecule has 0 aliphatic heterocycles. The highest BCUT2D eigenvalue weighted by Gasteiger charge is 2.25. The summed E-state index contributed by atoms with van der Waals surface area (Å²) in [6.07, 6.45) is 1.42. The number of anilines is 2. The van der Waals surface area contributed by atoms with Crippen LogP contribution in [0.2, 0.25) is 0 Å². The number of benzene rings is 2. The smallest absolute Gasteiger partial charge is 0.291 e. The Hall–Kier alpha value is -3.87. The van der Waals surface area contributed by atoms with Crippen LogP contribution in [0.4, 0.5) is 11.4 Å². The predicted octanol–water partition coefficient (Wildman–Crippen LogP) is 4.23. The van der Waals surface area contributed by atoms with Gasteiger partial charge < -0.3 is 20.4 Å². The molecule has 1 aromatic heterocycles. The summed E-state index contributed by atoms with van der Waals surface area (Å²) in [5.41, 5.74) is 2.37. The molecule has 0 aliphatic rings. The molecule has 0 bridgehead atoms. The number of nitrogens with one attached hydrogen (secondary N) is 3. The zero-order chi connectivity index (χ0) is 22.4. The van der Waals surface area contributed by atoms with Crippen molar-refractivity contribution in [1.82, 2.24) is 5.32 Å². The molecular formula is C24H25N3O4. The molecule has 1 heterocycles. The summed E-state index contributed by atoms with van der Waals surface area (Å²) in [4.78, 5) is 37.7. The Kier molecular flexibility index (Phi) is 6.87. The third-order valence-electron chi connectivity index (χ3n) is 4.76. The highest BCUT2D eigenvalue weighted by molar-refractivity contribution is 6.04. The lowest BCUT2D eigenvalue weighted by Crippen LogP contribution is -2.47. The molecule has 2 aromatic carbocycles. The van der Waals surface area contributed by atoms with Crippen LogP contribution in [0.3, 0.4) is 0 Å². The fourth-order valence-electron chi connectivity index (χ4n) is 3.08. The van der Waals surface area contributed by atoms with Gasteiger partial charge in [0.25, 0.3) is 11.8 Å². The zero-order valence-corrected chi connectivity index (χ0v) is 17.6. The van der Waals surface area contributed by atoms with Gasteiger partial charge in [0.05, 0.1) is 6.26 Å². The fourth-order valence-corrected chi connectivity index (χ4v) is 3.08. The van der Waals surface area contributed by atoms with Crippen LogP contribution in [-0.2, 0) is 4.79 Å². The second-order valence-electron chi connectivity index (χ2n) is 7.51. The first-order valence-electron chi connectivity index (χ1n) is 9.97. The molecule has 160 valence electrons. The number of amides is 3. The van der Waals surface area contributed by atoms with E-state index in [1.807, 2.05) is 32.9 Å². The van der Waals surface area contributed by atoms with Crippen molar-refractivity contribution < 1.29 is 18.8 Å². The second kappa shape index (κ2) is 9.75. The quantitative estimate of drug-likeness (QED) is 0.533. The summed E-state index contributed by atoms with van der Waals surface area (Å²) in [7, 11) is 0. The number of carbonyl (C=O) groups excluding carboxylic acids is 3.